The van der Waals surface area contributed by atoms with Crippen LogP contribution in [-0.2, 0) is 0 Å². The monoisotopic (exact) mass is 354 g/mol. The van der Waals surface area contributed by atoms with E-state index in [-0.39, 0.29) is 11.6 Å². The predicted molar refractivity (Wildman–Crippen MR) is 96.1 cm³/mol. The van der Waals surface area contributed by atoms with E-state index >= 15 is 0 Å². The molecule has 0 spiro atoms. The van der Waals surface area contributed by atoms with E-state index in [9.17, 15) is 9.18 Å². The lowest BCUT2D eigenvalue weighted by Gasteiger charge is -2.00. The van der Waals surface area contributed by atoms with Crippen molar-refractivity contribution in [1.82, 2.24) is 9.38 Å². The summed E-state index contributed by atoms with van der Waals surface area (Å²) in [6, 6.07) is 9.86. The summed E-state index contributed by atoms with van der Waals surface area (Å²) in [6.45, 7) is 0. The Morgan fingerprint density at radius 2 is 1.96 bits per heavy atom. The van der Waals surface area contributed by atoms with Crippen molar-refractivity contribution in [3.8, 4) is 11.3 Å². The van der Waals surface area contributed by atoms with Crippen molar-refractivity contribution < 1.29 is 9.18 Å². The minimum absolute atomic E-state index is 0.0414. The summed E-state index contributed by atoms with van der Waals surface area (Å²) in [5, 5.41) is 3.82. The number of aromatic nitrogens is 2. The zero-order chi connectivity index (χ0) is 16.5. The topological polar surface area (TPSA) is 34.4 Å². The Balaban J connectivity index is 1.78. The summed E-state index contributed by atoms with van der Waals surface area (Å²) in [5.41, 5.74) is 2.36. The molecule has 6 heteroatoms. The maximum atomic E-state index is 13.2. The van der Waals surface area contributed by atoms with Crippen LogP contribution < -0.4 is 0 Å². The van der Waals surface area contributed by atoms with E-state index in [2.05, 4.69) is 4.98 Å². The van der Waals surface area contributed by atoms with Crippen LogP contribution in [-0.4, -0.2) is 15.2 Å². The molecule has 0 aliphatic heterocycles. The van der Waals surface area contributed by atoms with Gasteiger partial charge in [-0.15, -0.1) is 22.7 Å². The minimum Gasteiger partial charge on any atom is -0.290 e. The van der Waals surface area contributed by atoms with Gasteiger partial charge in [-0.1, -0.05) is 6.07 Å². The number of hydrogen-bond acceptors (Lipinski definition) is 4. The molecule has 0 aliphatic carbocycles. The molecule has 0 atom stereocenters. The van der Waals surface area contributed by atoms with Gasteiger partial charge in [-0.2, -0.15) is 0 Å². The van der Waals surface area contributed by atoms with Crippen LogP contribution in [0.4, 0.5) is 4.39 Å². The Kier molecular flexibility index (Phi) is 3.84. The summed E-state index contributed by atoms with van der Waals surface area (Å²) in [4.78, 5) is 18.4. The normalized spacial score (nSPS) is 11.5. The van der Waals surface area contributed by atoms with Gasteiger partial charge in [0.05, 0.1) is 16.3 Å². The molecule has 0 saturated heterocycles. The highest BCUT2D eigenvalue weighted by atomic mass is 32.1. The Labute approximate surface area is 145 Å². The van der Waals surface area contributed by atoms with Crippen molar-refractivity contribution in [2.24, 2.45) is 0 Å². The van der Waals surface area contributed by atoms with E-state index in [1.54, 1.807) is 30.4 Å². The second-order valence-corrected chi connectivity index (χ2v) is 6.90. The van der Waals surface area contributed by atoms with Crippen molar-refractivity contribution in [2.75, 3.05) is 0 Å². The van der Waals surface area contributed by atoms with E-state index in [0.717, 1.165) is 21.9 Å². The van der Waals surface area contributed by atoms with Crippen LogP contribution in [0, 0.1) is 5.82 Å². The number of nitrogens with zero attached hydrogens (tertiary/aromatic N) is 2. The van der Waals surface area contributed by atoms with Gasteiger partial charge in [0.1, 0.15) is 5.82 Å². The van der Waals surface area contributed by atoms with Gasteiger partial charge in [-0.05, 0) is 47.9 Å². The number of ketones is 1. The number of rotatable bonds is 4. The molecule has 24 heavy (non-hydrogen) atoms. The van der Waals surface area contributed by atoms with E-state index in [1.165, 1.54) is 34.8 Å². The van der Waals surface area contributed by atoms with Gasteiger partial charge in [0, 0.05) is 17.1 Å². The Bertz CT molecular complexity index is 1030. The molecule has 0 unspecified atom stereocenters. The summed E-state index contributed by atoms with van der Waals surface area (Å²) in [5.74, 6) is -0.329. The van der Waals surface area contributed by atoms with E-state index < -0.39 is 0 Å². The summed E-state index contributed by atoms with van der Waals surface area (Å²) < 4.78 is 15.1. The summed E-state index contributed by atoms with van der Waals surface area (Å²) >= 11 is 2.93. The first kappa shape index (κ1) is 15.0. The zero-order valence-electron chi connectivity index (χ0n) is 12.3. The van der Waals surface area contributed by atoms with Crippen molar-refractivity contribution in [2.45, 2.75) is 0 Å². The molecule has 0 saturated carbocycles. The van der Waals surface area contributed by atoms with E-state index in [4.69, 9.17) is 0 Å². The highest BCUT2D eigenvalue weighted by molar-refractivity contribution is 7.15. The lowest BCUT2D eigenvalue weighted by Crippen LogP contribution is -1.91. The molecular formula is C18H11FN2OS2. The average Bonchev–Trinajstić information content (AvgIpc) is 3.31. The van der Waals surface area contributed by atoms with Gasteiger partial charge in [0.15, 0.2) is 10.7 Å². The van der Waals surface area contributed by atoms with Crippen molar-refractivity contribution in [3.63, 3.8) is 0 Å². The van der Waals surface area contributed by atoms with Crippen LogP contribution in [0.15, 0.2) is 59.4 Å². The average molecular weight is 354 g/mol. The number of thiazole rings is 1. The van der Waals surface area contributed by atoms with Gasteiger partial charge in [-0.25, -0.2) is 9.37 Å². The molecular weight excluding hydrogens is 343 g/mol. The molecule has 4 rings (SSSR count). The second kappa shape index (κ2) is 6.14. The summed E-state index contributed by atoms with van der Waals surface area (Å²) in [6.07, 6.45) is 5.24. The van der Waals surface area contributed by atoms with Gasteiger partial charge < -0.3 is 0 Å². The number of imidazole rings is 1. The number of benzene rings is 1. The Morgan fingerprint density at radius 1 is 1.12 bits per heavy atom. The number of fused-ring (bicyclic) bond motifs is 1. The largest absolute Gasteiger partial charge is 0.290 e. The van der Waals surface area contributed by atoms with Crippen LogP contribution >= 0.6 is 22.7 Å². The van der Waals surface area contributed by atoms with E-state index in [1.807, 2.05) is 27.4 Å². The molecule has 0 radical (unpaired) electrons. The Hall–Kier alpha value is -2.57. The smallest absolute Gasteiger partial charge is 0.195 e. The van der Waals surface area contributed by atoms with Crippen LogP contribution in [0.5, 0.6) is 0 Å². The highest BCUT2D eigenvalue weighted by Crippen LogP contribution is 2.28. The van der Waals surface area contributed by atoms with Crippen LogP contribution in [0.2, 0.25) is 0 Å². The van der Waals surface area contributed by atoms with Gasteiger partial charge >= 0.3 is 0 Å². The third-order valence-electron chi connectivity index (χ3n) is 3.57. The number of halogens is 1. The zero-order valence-corrected chi connectivity index (χ0v) is 14.0. The fraction of sp³-hybridized carbons (Fsp3) is 0. The molecule has 1 aromatic carbocycles. The lowest BCUT2D eigenvalue weighted by atomic mass is 10.1. The third-order valence-corrected chi connectivity index (χ3v) is 5.21. The first-order valence-corrected chi connectivity index (χ1v) is 8.96. The van der Waals surface area contributed by atoms with Crippen molar-refractivity contribution in [3.05, 3.63) is 75.8 Å². The molecule has 118 valence electrons. The number of carbonyl (C=O) groups is 1. The number of carbonyl (C=O) groups excluding carboxylic acids is 1. The number of thiophene rings is 1. The lowest BCUT2D eigenvalue weighted by molar-refractivity contribution is 0.105. The molecule has 3 heterocycles. The van der Waals surface area contributed by atoms with Crippen LogP contribution in [0.3, 0.4) is 0 Å². The van der Waals surface area contributed by atoms with Crippen molar-refractivity contribution >= 4 is 39.5 Å². The second-order valence-electron chi connectivity index (χ2n) is 5.08. The third kappa shape index (κ3) is 2.70. The quantitative estimate of drug-likeness (QED) is 0.375. The number of hydrogen-bond donors (Lipinski definition) is 0. The first-order chi connectivity index (χ1) is 11.7. The molecule has 0 N–H and O–H groups in total. The standard InChI is InChI=1S/C18H11FN2OS2/c19-13-5-3-12(4-6-13)17-14(21-9-11-24-18(21)20-17)7-8-15(22)16-2-1-10-23-16/h1-11H/b8-7+. The maximum Gasteiger partial charge on any atom is 0.195 e. The highest BCUT2D eigenvalue weighted by Gasteiger charge is 2.13. The fourth-order valence-corrected chi connectivity index (χ4v) is 3.80. The molecule has 3 aromatic heterocycles. The summed E-state index contributed by atoms with van der Waals surface area (Å²) in [7, 11) is 0. The first-order valence-electron chi connectivity index (χ1n) is 7.20. The van der Waals surface area contributed by atoms with Crippen LogP contribution in [0.1, 0.15) is 15.4 Å². The molecule has 0 bridgehead atoms. The molecule has 4 aromatic rings. The molecule has 0 fully saturated rings. The van der Waals surface area contributed by atoms with Crippen LogP contribution in [0.25, 0.3) is 22.3 Å². The maximum absolute atomic E-state index is 13.2. The van der Waals surface area contributed by atoms with Crippen molar-refractivity contribution in [1.29, 1.82) is 0 Å². The van der Waals surface area contributed by atoms with Gasteiger partial charge in [0.25, 0.3) is 0 Å². The van der Waals surface area contributed by atoms with E-state index in [0.29, 0.717) is 4.88 Å². The van der Waals surface area contributed by atoms with Gasteiger partial charge in [-0.3, -0.25) is 9.20 Å². The molecule has 3 nitrogen and oxygen atoms in total. The number of allylic oxidation sites excluding steroid dienone is 1. The molecule has 0 aliphatic rings. The fourth-order valence-electron chi connectivity index (χ4n) is 2.44. The Morgan fingerprint density at radius 3 is 2.71 bits per heavy atom. The minimum atomic E-state index is -0.287. The predicted octanol–water partition coefficient (Wildman–Crippen LogP) is 5.16. The SMILES string of the molecule is O=C(/C=C/c1c(-c2ccc(F)cc2)nc2sccn12)c1cccs1. The van der Waals surface area contributed by atoms with Gasteiger partial charge in [0.2, 0.25) is 0 Å². The molecule has 0 amide bonds.